The topological polar surface area (TPSA) is 32.3 Å². The van der Waals surface area contributed by atoms with E-state index in [4.69, 9.17) is 11.6 Å². The van der Waals surface area contributed by atoms with Gasteiger partial charge in [-0.15, -0.1) is 0 Å². The van der Waals surface area contributed by atoms with Crippen LogP contribution in [0.4, 0.5) is 0 Å². The van der Waals surface area contributed by atoms with Gasteiger partial charge in [0.05, 0.1) is 6.54 Å². The van der Waals surface area contributed by atoms with Gasteiger partial charge in [0.1, 0.15) is 0 Å². The van der Waals surface area contributed by atoms with Crippen LogP contribution in [-0.4, -0.2) is 24.4 Å². The molecule has 2 aromatic rings. The van der Waals surface area contributed by atoms with Crippen LogP contribution in [0.15, 0.2) is 54.6 Å². The maximum Gasteiger partial charge on any atom is 0.234 e. The van der Waals surface area contributed by atoms with Crippen molar-refractivity contribution in [2.75, 3.05) is 13.6 Å². The van der Waals surface area contributed by atoms with Crippen LogP contribution in [0.25, 0.3) is 0 Å². The summed E-state index contributed by atoms with van der Waals surface area (Å²) in [4.78, 5) is 13.9. The van der Waals surface area contributed by atoms with Gasteiger partial charge in [0.2, 0.25) is 5.91 Å². The minimum absolute atomic E-state index is 0.0170. The summed E-state index contributed by atoms with van der Waals surface area (Å²) in [6.45, 7) is 1.66. The van der Waals surface area contributed by atoms with Crippen LogP contribution < -0.4 is 5.32 Å². The molecule has 0 aliphatic heterocycles. The number of amides is 1. The van der Waals surface area contributed by atoms with Crippen LogP contribution in [0.2, 0.25) is 5.02 Å². The average molecular weight is 303 g/mol. The molecule has 2 rings (SSSR count). The zero-order valence-corrected chi connectivity index (χ0v) is 12.8. The summed E-state index contributed by atoms with van der Waals surface area (Å²) >= 11 is 5.83. The van der Waals surface area contributed by atoms with Gasteiger partial charge >= 0.3 is 0 Å². The van der Waals surface area contributed by atoms with Crippen LogP contribution in [-0.2, 0) is 17.9 Å². The Morgan fingerprint density at radius 2 is 1.71 bits per heavy atom. The second-order valence-electron chi connectivity index (χ2n) is 5.06. The molecule has 3 nitrogen and oxygen atoms in total. The Balaban J connectivity index is 1.75. The molecule has 0 bridgehead atoms. The summed E-state index contributed by atoms with van der Waals surface area (Å²) in [5.41, 5.74) is 2.24. The van der Waals surface area contributed by atoms with Crippen molar-refractivity contribution in [2.45, 2.75) is 13.1 Å². The first-order valence-electron chi connectivity index (χ1n) is 6.87. The first-order valence-corrected chi connectivity index (χ1v) is 7.25. The molecule has 4 heteroatoms. The molecule has 0 saturated carbocycles. The third-order valence-electron chi connectivity index (χ3n) is 3.11. The monoisotopic (exact) mass is 302 g/mol. The highest BCUT2D eigenvalue weighted by Crippen LogP contribution is 2.09. The number of halogens is 1. The smallest absolute Gasteiger partial charge is 0.234 e. The van der Waals surface area contributed by atoms with Crippen LogP contribution in [0.1, 0.15) is 11.1 Å². The lowest BCUT2D eigenvalue weighted by atomic mass is 10.2. The van der Waals surface area contributed by atoms with E-state index in [0.717, 1.165) is 12.1 Å². The van der Waals surface area contributed by atoms with Crippen molar-refractivity contribution in [3.8, 4) is 0 Å². The van der Waals surface area contributed by atoms with Crippen molar-refractivity contribution < 1.29 is 4.79 Å². The number of carbonyl (C=O) groups excluding carboxylic acids is 1. The zero-order chi connectivity index (χ0) is 15.1. The number of benzene rings is 2. The van der Waals surface area contributed by atoms with Crippen molar-refractivity contribution in [1.82, 2.24) is 10.2 Å². The molecule has 0 fully saturated rings. The van der Waals surface area contributed by atoms with Crippen molar-refractivity contribution in [1.29, 1.82) is 0 Å². The molecular formula is C17H19ClN2O. The van der Waals surface area contributed by atoms with Crippen LogP contribution >= 0.6 is 11.6 Å². The predicted molar refractivity (Wildman–Crippen MR) is 86.1 cm³/mol. The molecule has 110 valence electrons. The third kappa shape index (κ3) is 5.58. The number of carbonyl (C=O) groups is 1. The minimum atomic E-state index is 0.0170. The van der Waals surface area contributed by atoms with Crippen molar-refractivity contribution in [3.63, 3.8) is 0 Å². The fraction of sp³-hybridized carbons (Fsp3) is 0.235. The van der Waals surface area contributed by atoms with E-state index in [2.05, 4.69) is 17.4 Å². The Morgan fingerprint density at radius 1 is 1.05 bits per heavy atom. The van der Waals surface area contributed by atoms with Crippen molar-refractivity contribution >= 4 is 17.5 Å². The SMILES string of the molecule is CN(CC(=O)NCc1ccc(Cl)cc1)Cc1ccccc1. The number of hydrogen-bond donors (Lipinski definition) is 1. The molecule has 0 aromatic heterocycles. The summed E-state index contributed by atoms with van der Waals surface area (Å²) in [5, 5.41) is 3.61. The molecule has 21 heavy (non-hydrogen) atoms. The van der Waals surface area contributed by atoms with Gasteiger partial charge in [0.15, 0.2) is 0 Å². The van der Waals surface area contributed by atoms with Gasteiger partial charge in [0, 0.05) is 18.1 Å². The van der Waals surface area contributed by atoms with Crippen molar-refractivity contribution in [3.05, 3.63) is 70.7 Å². The number of likely N-dealkylation sites (N-methyl/N-ethyl adjacent to an activating group) is 1. The summed E-state index contributed by atoms with van der Waals surface area (Å²) in [6, 6.07) is 17.6. The van der Waals surface area contributed by atoms with E-state index in [-0.39, 0.29) is 5.91 Å². The Morgan fingerprint density at radius 3 is 2.38 bits per heavy atom. The Hall–Kier alpha value is -1.84. The van der Waals surface area contributed by atoms with Gasteiger partial charge in [0.25, 0.3) is 0 Å². The van der Waals surface area contributed by atoms with Crippen LogP contribution in [0.3, 0.4) is 0 Å². The van der Waals surface area contributed by atoms with Crippen LogP contribution in [0.5, 0.6) is 0 Å². The Labute approximate surface area is 130 Å². The fourth-order valence-corrected chi connectivity index (χ4v) is 2.18. The normalized spacial score (nSPS) is 10.6. The molecular weight excluding hydrogens is 284 g/mol. The molecule has 0 radical (unpaired) electrons. The largest absolute Gasteiger partial charge is 0.351 e. The molecule has 0 spiro atoms. The number of nitrogens with one attached hydrogen (secondary N) is 1. The molecule has 0 heterocycles. The van der Waals surface area contributed by atoms with Gasteiger partial charge in [-0.3, -0.25) is 9.69 Å². The van der Waals surface area contributed by atoms with E-state index in [1.165, 1.54) is 5.56 Å². The first-order chi connectivity index (χ1) is 10.1. The standard InChI is InChI=1S/C17H19ClN2O/c1-20(12-15-5-3-2-4-6-15)13-17(21)19-11-14-7-9-16(18)10-8-14/h2-10H,11-13H2,1H3,(H,19,21). The summed E-state index contributed by atoms with van der Waals surface area (Å²) in [7, 11) is 1.94. The van der Waals surface area contributed by atoms with E-state index in [1.54, 1.807) is 0 Å². The van der Waals surface area contributed by atoms with Gasteiger partial charge in [-0.25, -0.2) is 0 Å². The van der Waals surface area contributed by atoms with Gasteiger partial charge in [-0.1, -0.05) is 54.1 Å². The molecule has 0 unspecified atom stereocenters. The number of rotatable bonds is 6. The van der Waals surface area contributed by atoms with Gasteiger partial charge in [-0.05, 0) is 30.3 Å². The minimum Gasteiger partial charge on any atom is -0.351 e. The second kappa shape index (κ2) is 7.81. The molecule has 0 saturated heterocycles. The number of nitrogens with zero attached hydrogens (tertiary/aromatic N) is 1. The number of hydrogen-bond acceptors (Lipinski definition) is 2. The molecule has 0 atom stereocenters. The molecule has 0 aliphatic carbocycles. The third-order valence-corrected chi connectivity index (χ3v) is 3.36. The maximum atomic E-state index is 11.9. The van der Waals surface area contributed by atoms with Gasteiger partial charge < -0.3 is 5.32 Å². The highest BCUT2D eigenvalue weighted by atomic mass is 35.5. The van der Waals surface area contributed by atoms with E-state index >= 15 is 0 Å². The van der Waals surface area contributed by atoms with Gasteiger partial charge in [-0.2, -0.15) is 0 Å². The maximum absolute atomic E-state index is 11.9. The molecule has 1 N–H and O–H groups in total. The molecule has 2 aromatic carbocycles. The fourth-order valence-electron chi connectivity index (χ4n) is 2.05. The quantitative estimate of drug-likeness (QED) is 0.889. The summed E-state index contributed by atoms with van der Waals surface area (Å²) in [6.07, 6.45) is 0. The zero-order valence-electron chi connectivity index (χ0n) is 12.1. The average Bonchev–Trinajstić information content (AvgIpc) is 2.47. The summed E-state index contributed by atoms with van der Waals surface area (Å²) in [5.74, 6) is 0.0170. The van der Waals surface area contributed by atoms with Crippen molar-refractivity contribution in [2.24, 2.45) is 0 Å². The van der Waals surface area contributed by atoms with E-state index in [9.17, 15) is 4.79 Å². The van der Waals surface area contributed by atoms with E-state index in [0.29, 0.717) is 18.1 Å². The lowest BCUT2D eigenvalue weighted by Gasteiger charge is -2.16. The second-order valence-corrected chi connectivity index (χ2v) is 5.50. The highest BCUT2D eigenvalue weighted by molar-refractivity contribution is 6.30. The molecule has 1 amide bonds. The lowest BCUT2D eigenvalue weighted by Crippen LogP contribution is -2.34. The molecule has 0 aliphatic rings. The lowest BCUT2D eigenvalue weighted by molar-refractivity contribution is -0.122. The Bertz CT molecular complexity index is 569. The van der Waals surface area contributed by atoms with E-state index in [1.807, 2.05) is 54.4 Å². The van der Waals surface area contributed by atoms with E-state index < -0.39 is 0 Å². The Kier molecular flexibility index (Phi) is 5.78. The predicted octanol–water partition coefficient (Wildman–Crippen LogP) is 3.09. The highest BCUT2D eigenvalue weighted by Gasteiger charge is 2.06. The summed E-state index contributed by atoms with van der Waals surface area (Å²) < 4.78 is 0. The first kappa shape index (κ1) is 15.5. The van der Waals surface area contributed by atoms with Crippen LogP contribution in [0, 0.1) is 0 Å².